The lowest BCUT2D eigenvalue weighted by atomic mass is 9.88. The van der Waals surface area contributed by atoms with Gasteiger partial charge in [-0.25, -0.2) is 0 Å². The van der Waals surface area contributed by atoms with Crippen LogP contribution < -0.4 is 5.73 Å². The van der Waals surface area contributed by atoms with Gasteiger partial charge in [-0.15, -0.1) is 0 Å². The Morgan fingerprint density at radius 2 is 2.00 bits per heavy atom. The Balaban J connectivity index is 2.17. The summed E-state index contributed by atoms with van der Waals surface area (Å²) in [5.74, 6) is 0.389. The fourth-order valence-electron chi connectivity index (χ4n) is 2.31. The second-order valence-electron chi connectivity index (χ2n) is 4.45. The molecule has 0 unspecified atom stereocenters. The summed E-state index contributed by atoms with van der Waals surface area (Å²) in [6.07, 6.45) is 2.46. The van der Waals surface area contributed by atoms with Gasteiger partial charge in [-0.05, 0) is 31.4 Å². The van der Waals surface area contributed by atoms with E-state index in [-0.39, 0.29) is 11.7 Å². The second-order valence-corrected chi connectivity index (χ2v) is 4.45. The third kappa shape index (κ3) is 2.93. The van der Waals surface area contributed by atoms with Crippen molar-refractivity contribution < 1.29 is 9.53 Å². The Bertz CT molecular complexity index is 384. The van der Waals surface area contributed by atoms with Crippen LogP contribution in [0.2, 0.25) is 0 Å². The van der Waals surface area contributed by atoms with E-state index in [0.717, 1.165) is 30.4 Å². The van der Waals surface area contributed by atoms with Gasteiger partial charge >= 0.3 is 0 Å². The lowest BCUT2D eigenvalue weighted by Crippen LogP contribution is -2.24. The Kier molecular flexibility index (Phi) is 4.29. The van der Waals surface area contributed by atoms with E-state index < -0.39 is 0 Å². The van der Waals surface area contributed by atoms with E-state index in [9.17, 15) is 4.79 Å². The summed E-state index contributed by atoms with van der Waals surface area (Å²) in [4.78, 5) is 12.4. The molecule has 1 aliphatic rings. The largest absolute Gasteiger partial charge is 0.381 e. The molecule has 0 bridgehead atoms. The maximum atomic E-state index is 12.4. The fraction of sp³-hybridized carbons (Fsp3) is 0.500. The first-order valence-corrected chi connectivity index (χ1v) is 6.23. The van der Waals surface area contributed by atoms with Gasteiger partial charge in [-0.1, -0.05) is 24.3 Å². The maximum absolute atomic E-state index is 12.4. The van der Waals surface area contributed by atoms with E-state index in [1.165, 1.54) is 0 Å². The SMILES string of the molecule is NCCc1ccccc1C(=O)C1CCOCC1. The maximum Gasteiger partial charge on any atom is 0.166 e. The average molecular weight is 233 g/mol. The molecule has 3 heteroatoms. The molecule has 1 saturated heterocycles. The van der Waals surface area contributed by atoms with Gasteiger partial charge in [0.2, 0.25) is 0 Å². The number of ether oxygens (including phenoxy) is 1. The van der Waals surface area contributed by atoms with Crippen molar-refractivity contribution in [2.24, 2.45) is 11.7 Å². The van der Waals surface area contributed by atoms with E-state index in [4.69, 9.17) is 10.5 Å². The molecule has 0 spiro atoms. The highest BCUT2D eigenvalue weighted by molar-refractivity contribution is 5.99. The molecule has 0 saturated carbocycles. The molecule has 0 amide bonds. The molecule has 0 aliphatic carbocycles. The van der Waals surface area contributed by atoms with Gasteiger partial charge in [0, 0.05) is 24.7 Å². The number of hydrogen-bond acceptors (Lipinski definition) is 3. The first-order chi connectivity index (χ1) is 8.33. The minimum absolute atomic E-state index is 0.127. The Labute approximate surface area is 102 Å². The van der Waals surface area contributed by atoms with Crippen molar-refractivity contribution >= 4 is 5.78 Å². The summed E-state index contributed by atoms with van der Waals surface area (Å²) in [7, 11) is 0. The normalized spacial score (nSPS) is 17.0. The van der Waals surface area contributed by atoms with Crippen molar-refractivity contribution in [1.29, 1.82) is 0 Å². The minimum atomic E-state index is 0.127. The number of rotatable bonds is 4. The molecule has 0 radical (unpaired) electrons. The molecule has 1 fully saturated rings. The third-order valence-electron chi connectivity index (χ3n) is 3.29. The number of Topliss-reactive ketones (excluding diaryl/α,β-unsaturated/α-hetero) is 1. The van der Waals surface area contributed by atoms with Crippen LogP contribution in [0.15, 0.2) is 24.3 Å². The van der Waals surface area contributed by atoms with Gasteiger partial charge in [0.05, 0.1) is 0 Å². The molecule has 1 aliphatic heterocycles. The molecule has 1 heterocycles. The number of ketones is 1. The molecule has 2 rings (SSSR count). The molecule has 3 nitrogen and oxygen atoms in total. The van der Waals surface area contributed by atoms with Crippen LogP contribution in [0, 0.1) is 5.92 Å². The zero-order chi connectivity index (χ0) is 12.1. The quantitative estimate of drug-likeness (QED) is 0.807. The minimum Gasteiger partial charge on any atom is -0.381 e. The van der Waals surface area contributed by atoms with Crippen LogP contribution in [0.3, 0.4) is 0 Å². The average Bonchev–Trinajstić information content (AvgIpc) is 2.40. The van der Waals surface area contributed by atoms with Gasteiger partial charge in [-0.3, -0.25) is 4.79 Å². The lowest BCUT2D eigenvalue weighted by molar-refractivity contribution is 0.0544. The van der Waals surface area contributed by atoms with Crippen LogP contribution in [-0.2, 0) is 11.2 Å². The van der Waals surface area contributed by atoms with Gasteiger partial charge in [0.15, 0.2) is 5.78 Å². The Morgan fingerprint density at radius 1 is 1.29 bits per heavy atom. The van der Waals surface area contributed by atoms with Gasteiger partial charge in [-0.2, -0.15) is 0 Å². The fourth-order valence-corrected chi connectivity index (χ4v) is 2.31. The summed E-state index contributed by atoms with van der Waals surface area (Å²) < 4.78 is 5.29. The van der Waals surface area contributed by atoms with E-state index in [2.05, 4.69) is 0 Å². The van der Waals surface area contributed by atoms with Crippen LogP contribution >= 0.6 is 0 Å². The first-order valence-electron chi connectivity index (χ1n) is 6.23. The standard InChI is InChI=1S/C14H19NO2/c15-8-5-11-3-1-2-4-13(11)14(16)12-6-9-17-10-7-12/h1-4,12H,5-10,15H2. The summed E-state index contributed by atoms with van der Waals surface area (Å²) in [5, 5.41) is 0. The highest BCUT2D eigenvalue weighted by Gasteiger charge is 2.24. The van der Waals surface area contributed by atoms with Gasteiger partial charge in [0.25, 0.3) is 0 Å². The molecule has 1 aromatic rings. The lowest BCUT2D eigenvalue weighted by Gasteiger charge is -2.21. The van der Waals surface area contributed by atoms with Crippen molar-refractivity contribution in [3.63, 3.8) is 0 Å². The van der Waals surface area contributed by atoms with Gasteiger partial charge in [0.1, 0.15) is 0 Å². The summed E-state index contributed by atoms with van der Waals surface area (Å²) in [6, 6.07) is 7.81. The van der Waals surface area contributed by atoms with Crippen LogP contribution in [0.5, 0.6) is 0 Å². The smallest absolute Gasteiger partial charge is 0.166 e. The van der Waals surface area contributed by atoms with Crippen molar-refractivity contribution in [2.75, 3.05) is 19.8 Å². The number of nitrogens with two attached hydrogens (primary N) is 1. The zero-order valence-corrected chi connectivity index (χ0v) is 10.0. The summed E-state index contributed by atoms with van der Waals surface area (Å²) >= 11 is 0. The number of benzene rings is 1. The summed E-state index contributed by atoms with van der Waals surface area (Å²) in [6.45, 7) is 1.99. The van der Waals surface area contributed by atoms with Crippen molar-refractivity contribution in [2.45, 2.75) is 19.3 Å². The predicted molar refractivity (Wildman–Crippen MR) is 67.1 cm³/mol. The molecular formula is C14H19NO2. The second kappa shape index (κ2) is 5.94. The van der Waals surface area contributed by atoms with Crippen LogP contribution in [-0.4, -0.2) is 25.5 Å². The van der Waals surface area contributed by atoms with Crippen LogP contribution in [0.25, 0.3) is 0 Å². The molecular weight excluding hydrogens is 214 g/mol. The molecule has 2 N–H and O–H groups in total. The predicted octanol–water partition coefficient (Wildman–Crippen LogP) is 1.80. The van der Waals surface area contributed by atoms with Crippen molar-refractivity contribution in [1.82, 2.24) is 0 Å². The molecule has 92 valence electrons. The summed E-state index contributed by atoms with van der Waals surface area (Å²) in [5.41, 5.74) is 7.50. The highest BCUT2D eigenvalue weighted by Crippen LogP contribution is 2.22. The van der Waals surface area contributed by atoms with E-state index in [0.29, 0.717) is 19.8 Å². The first kappa shape index (κ1) is 12.3. The number of carbonyl (C=O) groups excluding carboxylic acids is 1. The van der Waals surface area contributed by atoms with E-state index in [1.807, 2.05) is 24.3 Å². The van der Waals surface area contributed by atoms with Crippen molar-refractivity contribution in [3.8, 4) is 0 Å². The van der Waals surface area contributed by atoms with Crippen LogP contribution in [0.4, 0.5) is 0 Å². The van der Waals surface area contributed by atoms with E-state index in [1.54, 1.807) is 0 Å². The number of hydrogen-bond donors (Lipinski definition) is 1. The third-order valence-corrected chi connectivity index (χ3v) is 3.29. The molecule has 0 atom stereocenters. The monoisotopic (exact) mass is 233 g/mol. The topological polar surface area (TPSA) is 52.3 Å². The molecule has 0 aromatic heterocycles. The highest BCUT2D eigenvalue weighted by atomic mass is 16.5. The molecule has 17 heavy (non-hydrogen) atoms. The van der Waals surface area contributed by atoms with Crippen LogP contribution in [0.1, 0.15) is 28.8 Å². The van der Waals surface area contributed by atoms with Gasteiger partial charge < -0.3 is 10.5 Å². The zero-order valence-electron chi connectivity index (χ0n) is 10.0. The Hall–Kier alpha value is -1.19. The van der Waals surface area contributed by atoms with Crippen molar-refractivity contribution in [3.05, 3.63) is 35.4 Å². The number of carbonyl (C=O) groups is 1. The molecule has 1 aromatic carbocycles. The Morgan fingerprint density at radius 3 is 2.71 bits per heavy atom. The van der Waals surface area contributed by atoms with E-state index >= 15 is 0 Å².